The van der Waals surface area contributed by atoms with Gasteiger partial charge in [-0.1, -0.05) is 6.07 Å². The Hall–Kier alpha value is -1.36. The van der Waals surface area contributed by atoms with E-state index in [1.165, 1.54) is 14.0 Å². The smallest absolute Gasteiger partial charge is 0.407 e. The van der Waals surface area contributed by atoms with Crippen molar-refractivity contribution in [2.45, 2.75) is 25.8 Å². The number of Topliss-reactive ketones (excluding diaryl/α,β-unsaturated/α-hetero) is 1. The third-order valence-electron chi connectivity index (χ3n) is 2.07. The number of hydrogen-bond acceptors (Lipinski definition) is 4. The van der Waals surface area contributed by atoms with Crippen LogP contribution in [0.5, 0.6) is 0 Å². The molecule has 1 heterocycles. The molecule has 1 aromatic heterocycles. The minimum Gasteiger partial charge on any atom is -0.453 e. The third kappa shape index (κ3) is 4.44. The molecule has 0 spiro atoms. The molecule has 0 saturated carbocycles. The molecule has 0 aromatic carbocycles. The van der Waals surface area contributed by atoms with Crippen LogP contribution in [-0.4, -0.2) is 25.0 Å². The molecule has 0 radical (unpaired) electrons. The van der Waals surface area contributed by atoms with Crippen molar-refractivity contribution < 1.29 is 14.3 Å². The van der Waals surface area contributed by atoms with E-state index >= 15 is 0 Å². The van der Waals surface area contributed by atoms with Crippen molar-refractivity contribution in [3.8, 4) is 0 Å². The Morgan fingerprint density at radius 1 is 1.56 bits per heavy atom. The summed E-state index contributed by atoms with van der Waals surface area (Å²) in [4.78, 5) is 23.3. The van der Waals surface area contributed by atoms with Crippen LogP contribution in [0.1, 0.15) is 18.2 Å². The summed E-state index contributed by atoms with van der Waals surface area (Å²) in [5.41, 5.74) is 0. The average molecular weight is 241 g/mol. The Balaban J connectivity index is 2.56. The SMILES string of the molecule is COC(=O)N[C@H](CC(C)=O)Cc1cccs1. The first kappa shape index (κ1) is 12.7. The largest absolute Gasteiger partial charge is 0.453 e. The van der Waals surface area contributed by atoms with Gasteiger partial charge in [-0.25, -0.2) is 4.79 Å². The summed E-state index contributed by atoms with van der Waals surface area (Å²) >= 11 is 1.61. The van der Waals surface area contributed by atoms with Crippen LogP contribution in [0.2, 0.25) is 0 Å². The fourth-order valence-electron chi connectivity index (χ4n) is 1.42. The first-order valence-corrected chi connectivity index (χ1v) is 5.86. The molecule has 0 bridgehead atoms. The van der Waals surface area contributed by atoms with Crippen molar-refractivity contribution in [3.63, 3.8) is 0 Å². The Bertz CT molecular complexity index is 348. The molecule has 1 atom stereocenters. The summed E-state index contributed by atoms with van der Waals surface area (Å²) in [5.74, 6) is 0.0537. The van der Waals surface area contributed by atoms with E-state index in [9.17, 15) is 9.59 Å². The number of thiophene rings is 1. The monoisotopic (exact) mass is 241 g/mol. The predicted molar refractivity (Wildman–Crippen MR) is 62.6 cm³/mol. The Kier molecular flexibility index (Phi) is 4.98. The molecule has 5 heteroatoms. The number of carbonyl (C=O) groups excluding carboxylic acids is 2. The van der Waals surface area contributed by atoms with Crippen molar-refractivity contribution in [3.05, 3.63) is 22.4 Å². The zero-order valence-electron chi connectivity index (χ0n) is 9.36. The van der Waals surface area contributed by atoms with Crippen LogP contribution < -0.4 is 5.32 Å². The minimum atomic E-state index is -0.497. The topological polar surface area (TPSA) is 55.4 Å². The molecular weight excluding hydrogens is 226 g/mol. The number of ketones is 1. The molecule has 1 amide bonds. The highest BCUT2D eigenvalue weighted by molar-refractivity contribution is 7.09. The first-order chi connectivity index (χ1) is 7.61. The van der Waals surface area contributed by atoms with E-state index < -0.39 is 6.09 Å². The van der Waals surface area contributed by atoms with Crippen molar-refractivity contribution in [1.82, 2.24) is 5.32 Å². The van der Waals surface area contributed by atoms with Crippen LogP contribution in [0.15, 0.2) is 17.5 Å². The lowest BCUT2D eigenvalue weighted by atomic mass is 10.1. The van der Waals surface area contributed by atoms with Gasteiger partial charge in [0.15, 0.2) is 0 Å². The molecule has 0 aliphatic heterocycles. The normalized spacial score (nSPS) is 11.9. The van der Waals surface area contributed by atoms with Gasteiger partial charge in [-0.15, -0.1) is 11.3 Å². The van der Waals surface area contributed by atoms with E-state index in [-0.39, 0.29) is 11.8 Å². The van der Waals surface area contributed by atoms with Crippen LogP contribution in [0.3, 0.4) is 0 Å². The fraction of sp³-hybridized carbons (Fsp3) is 0.455. The summed E-state index contributed by atoms with van der Waals surface area (Å²) in [6.07, 6.45) is 0.488. The number of amides is 1. The zero-order chi connectivity index (χ0) is 12.0. The van der Waals surface area contributed by atoms with Crippen LogP contribution in [0, 0.1) is 0 Å². The van der Waals surface area contributed by atoms with Crippen LogP contribution >= 0.6 is 11.3 Å². The number of hydrogen-bond donors (Lipinski definition) is 1. The van der Waals surface area contributed by atoms with Gasteiger partial charge in [-0.2, -0.15) is 0 Å². The van der Waals surface area contributed by atoms with E-state index in [1.807, 2.05) is 17.5 Å². The fourth-order valence-corrected chi connectivity index (χ4v) is 2.20. The van der Waals surface area contributed by atoms with E-state index in [1.54, 1.807) is 11.3 Å². The van der Waals surface area contributed by atoms with Gasteiger partial charge in [0.25, 0.3) is 0 Å². The molecule has 16 heavy (non-hydrogen) atoms. The highest BCUT2D eigenvalue weighted by atomic mass is 32.1. The van der Waals surface area contributed by atoms with Gasteiger partial charge in [0.1, 0.15) is 5.78 Å². The minimum absolute atomic E-state index is 0.0537. The number of nitrogens with one attached hydrogen (secondary N) is 1. The van der Waals surface area contributed by atoms with Gasteiger partial charge in [0.05, 0.1) is 7.11 Å². The van der Waals surface area contributed by atoms with Crippen LogP contribution in [0.4, 0.5) is 4.79 Å². The maximum atomic E-state index is 11.1. The second-order valence-electron chi connectivity index (χ2n) is 3.52. The summed E-state index contributed by atoms with van der Waals surface area (Å²) in [6, 6.07) is 3.74. The third-order valence-corrected chi connectivity index (χ3v) is 2.97. The molecule has 0 unspecified atom stereocenters. The Labute approximate surface area is 98.6 Å². The Morgan fingerprint density at radius 2 is 2.31 bits per heavy atom. The quantitative estimate of drug-likeness (QED) is 0.857. The van der Waals surface area contributed by atoms with E-state index in [0.29, 0.717) is 12.8 Å². The average Bonchev–Trinajstić information content (AvgIpc) is 2.69. The lowest BCUT2D eigenvalue weighted by Crippen LogP contribution is -2.37. The number of carbonyl (C=O) groups is 2. The summed E-state index contributed by atoms with van der Waals surface area (Å²) in [7, 11) is 1.31. The second kappa shape index (κ2) is 6.27. The molecule has 1 N–H and O–H groups in total. The number of rotatable bonds is 5. The highest BCUT2D eigenvalue weighted by Crippen LogP contribution is 2.13. The lowest BCUT2D eigenvalue weighted by molar-refractivity contribution is -0.117. The molecule has 1 aromatic rings. The molecular formula is C11H15NO3S. The summed E-state index contributed by atoms with van der Waals surface area (Å²) < 4.78 is 4.52. The standard InChI is InChI=1S/C11H15NO3S/c1-8(13)6-9(12-11(14)15-2)7-10-4-3-5-16-10/h3-5,9H,6-7H2,1-2H3,(H,12,14)/t9-/m1/s1. The zero-order valence-corrected chi connectivity index (χ0v) is 10.2. The highest BCUT2D eigenvalue weighted by Gasteiger charge is 2.15. The molecule has 0 aliphatic rings. The molecule has 88 valence electrons. The van der Waals surface area contributed by atoms with Crippen molar-refractivity contribution in [1.29, 1.82) is 0 Å². The molecule has 0 aliphatic carbocycles. The summed E-state index contributed by atoms with van der Waals surface area (Å²) in [5, 5.41) is 4.63. The van der Waals surface area contributed by atoms with Gasteiger partial charge in [0.2, 0.25) is 0 Å². The van der Waals surface area contributed by atoms with Gasteiger partial charge in [-0.05, 0) is 18.4 Å². The first-order valence-electron chi connectivity index (χ1n) is 4.98. The van der Waals surface area contributed by atoms with Crippen molar-refractivity contribution in [2.24, 2.45) is 0 Å². The van der Waals surface area contributed by atoms with Gasteiger partial charge >= 0.3 is 6.09 Å². The molecule has 0 fully saturated rings. The maximum absolute atomic E-state index is 11.1. The van der Waals surface area contributed by atoms with Gasteiger partial charge in [-0.3, -0.25) is 4.79 Å². The predicted octanol–water partition coefficient (Wildman–Crippen LogP) is 1.99. The molecule has 0 saturated heterocycles. The lowest BCUT2D eigenvalue weighted by Gasteiger charge is -2.15. The Morgan fingerprint density at radius 3 is 2.81 bits per heavy atom. The maximum Gasteiger partial charge on any atom is 0.407 e. The number of methoxy groups -OCH3 is 1. The molecule has 1 rings (SSSR count). The van der Waals surface area contributed by atoms with Gasteiger partial charge < -0.3 is 10.1 Å². The van der Waals surface area contributed by atoms with Crippen molar-refractivity contribution >= 4 is 23.2 Å². The van der Waals surface area contributed by atoms with E-state index in [0.717, 1.165) is 4.88 Å². The number of ether oxygens (including phenoxy) is 1. The van der Waals surface area contributed by atoms with E-state index in [4.69, 9.17) is 0 Å². The second-order valence-corrected chi connectivity index (χ2v) is 4.55. The van der Waals surface area contributed by atoms with E-state index in [2.05, 4.69) is 10.1 Å². The summed E-state index contributed by atoms with van der Waals surface area (Å²) in [6.45, 7) is 1.51. The van der Waals surface area contributed by atoms with Crippen molar-refractivity contribution in [2.75, 3.05) is 7.11 Å². The van der Waals surface area contributed by atoms with Crippen LogP contribution in [0.25, 0.3) is 0 Å². The van der Waals surface area contributed by atoms with Gasteiger partial charge in [0, 0.05) is 23.8 Å². The number of alkyl carbamates (subject to hydrolysis) is 1. The molecule has 4 nitrogen and oxygen atoms in total. The van der Waals surface area contributed by atoms with Crippen LogP contribution in [-0.2, 0) is 16.0 Å².